The number of hydrogen-bond donors (Lipinski definition) is 2. The van der Waals surface area contributed by atoms with Gasteiger partial charge >= 0.3 is 5.97 Å². The van der Waals surface area contributed by atoms with Crippen molar-refractivity contribution in [3.05, 3.63) is 57.3 Å². The molecule has 0 spiro atoms. The van der Waals surface area contributed by atoms with Crippen molar-refractivity contribution in [1.29, 1.82) is 0 Å². The Morgan fingerprint density at radius 1 is 1.43 bits per heavy atom. The number of rotatable bonds is 5. The van der Waals surface area contributed by atoms with Crippen molar-refractivity contribution in [2.45, 2.75) is 19.4 Å². The predicted molar refractivity (Wildman–Crippen MR) is 92.1 cm³/mol. The standard InChI is InChI=1S/C18H19NO3S/c1-19-7-2-3-14-15-9-12(10-17(20)21)4-5-16(15)22-11-13-6-8-23-18(13)14/h3-6,8-9,19H,2,7,10-11H2,1H3,(H,20,21). The van der Waals surface area contributed by atoms with Crippen LogP contribution in [-0.2, 0) is 17.8 Å². The first-order chi connectivity index (χ1) is 11.2. The van der Waals surface area contributed by atoms with E-state index in [1.165, 1.54) is 10.4 Å². The summed E-state index contributed by atoms with van der Waals surface area (Å²) >= 11 is 1.70. The molecule has 0 aliphatic carbocycles. The number of carboxylic acids is 1. The second-order valence-corrected chi connectivity index (χ2v) is 6.39. The Bertz CT molecular complexity index is 748. The number of ether oxygens (including phenoxy) is 1. The van der Waals surface area contributed by atoms with E-state index in [4.69, 9.17) is 9.84 Å². The Morgan fingerprint density at radius 2 is 2.30 bits per heavy atom. The van der Waals surface area contributed by atoms with E-state index in [0.717, 1.165) is 35.4 Å². The van der Waals surface area contributed by atoms with E-state index in [9.17, 15) is 4.79 Å². The molecule has 4 nitrogen and oxygen atoms in total. The van der Waals surface area contributed by atoms with Gasteiger partial charge in [0.05, 0.1) is 6.42 Å². The molecule has 120 valence electrons. The molecule has 1 aromatic heterocycles. The molecule has 0 fully saturated rings. The molecule has 0 atom stereocenters. The Balaban J connectivity index is 2.07. The first kappa shape index (κ1) is 15.8. The van der Waals surface area contributed by atoms with Crippen molar-refractivity contribution >= 4 is 22.9 Å². The maximum atomic E-state index is 11.0. The topological polar surface area (TPSA) is 58.6 Å². The lowest BCUT2D eigenvalue weighted by molar-refractivity contribution is -0.136. The van der Waals surface area contributed by atoms with Gasteiger partial charge in [-0.1, -0.05) is 12.1 Å². The third kappa shape index (κ3) is 3.46. The molecule has 2 heterocycles. The minimum absolute atomic E-state index is 0.0222. The molecule has 2 aromatic rings. The van der Waals surface area contributed by atoms with Crippen LogP contribution >= 0.6 is 11.3 Å². The van der Waals surface area contributed by atoms with Gasteiger partial charge < -0.3 is 15.2 Å². The highest BCUT2D eigenvalue weighted by molar-refractivity contribution is 7.11. The van der Waals surface area contributed by atoms with Gasteiger partial charge in [-0.05, 0) is 54.7 Å². The van der Waals surface area contributed by atoms with Gasteiger partial charge in [0.2, 0.25) is 0 Å². The maximum absolute atomic E-state index is 11.0. The van der Waals surface area contributed by atoms with Crippen molar-refractivity contribution in [3.63, 3.8) is 0 Å². The summed E-state index contributed by atoms with van der Waals surface area (Å²) in [5.41, 5.74) is 4.10. The average molecular weight is 329 g/mol. The zero-order valence-corrected chi connectivity index (χ0v) is 13.8. The van der Waals surface area contributed by atoms with Crippen LogP contribution in [-0.4, -0.2) is 24.7 Å². The van der Waals surface area contributed by atoms with Crippen LogP contribution in [0.15, 0.2) is 35.7 Å². The van der Waals surface area contributed by atoms with Crippen LogP contribution in [0.4, 0.5) is 0 Å². The van der Waals surface area contributed by atoms with Crippen molar-refractivity contribution in [2.24, 2.45) is 0 Å². The van der Waals surface area contributed by atoms with E-state index < -0.39 is 5.97 Å². The van der Waals surface area contributed by atoms with Gasteiger partial charge in [0.25, 0.3) is 0 Å². The number of carbonyl (C=O) groups is 1. The van der Waals surface area contributed by atoms with E-state index in [1.54, 1.807) is 11.3 Å². The molecule has 2 N–H and O–H groups in total. The molecule has 0 radical (unpaired) electrons. The molecule has 1 aromatic carbocycles. The van der Waals surface area contributed by atoms with Gasteiger partial charge in [0.1, 0.15) is 12.4 Å². The summed E-state index contributed by atoms with van der Waals surface area (Å²) in [5, 5.41) is 14.3. The summed E-state index contributed by atoms with van der Waals surface area (Å²) in [6.07, 6.45) is 3.14. The zero-order valence-electron chi connectivity index (χ0n) is 13.0. The van der Waals surface area contributed by atoms with Crippen LogP contribution in [0.2, 0.25) is 0 Å². The third-order valence-electron chi connectivity index (χ3n) is 3.81. The number of thiophene rings is 1. The molecule has 1 aliphatic rings. The summed E-state index contributed by atoms with van der Waals surface area (Å²) in [6.45, 7) is 1.45. The molecule has 1 aliphatic heterocycles. The van der Waals surface area contributed by atoms with Crippen LogP contribution in [0.1, 0.15) is 28.0 Å². The Morgan fingerprint density at radius 3 is 3.09 bits per heavy atom. The van der Waals surface area contributed by atoms with Crippen molar-refractivity contribution in [2.75, 3.05) is 13.6 Å². The molecular formula is C18H19NO3S. The average Bonchev–Trinajstić information content (AvgIpc) is 2.93. The summed E-state index contributed by atoms with van der Waals surface area (Å²) in [5.74, 6) is -0.00439. The van der Waals surface area contributed by atoms with E-state index in [1.807, 2.05) is 25.2 Å². The van der Waals surface area contributed by atoms with Crippen LogP contribution in [0.5, 0.6) is 5.75 Å². The van der Waals surface area contributed by atoms with Gasteiger partial charge in [-0.3, -0.25) is 4.79 Å². The van der Waals surface area contributed by atoms with Crippen molar-refractivity contribution < 1.29 is 14.6 Å². The molecule has 3 rings (SSSR count). The first-order valence-corrected chi connectivity index (χ1v) is 8.46. The Labute approximate surface area is 139 Å². The predicted octanol–water partition coefficient (Wildman–Crippen LogP) is 3.31. The number of fused-ring (bicyclic) bond motifs is 2. The number of hydrogen-bond acceptors (Lipinski definition) is 4. The first-order valence-electron chi connectivity index (χ1n) is 7.58. The molecule has 5 heteroatoms. The normalized spacial score (nSPS) is 14.7. The quantitative estimate of drug-likeness (QED) is 0.826. The fourth-order valence-corrected chi connectivity index (χ4v) is 3.69. The van der Waals surface area contributed by atoms with E-state index in [-0.39, 0.29) is 6.42 Å². The minimum Gasteiger partial charge on any atom is -0.488 e. The second-order valence-electron chi connectivity index (χ2n) is 5.47. The molecule has 0 amide bonds. The summed E-state index contributed by atoms with van der Waals surface area (Å²) in [4.78, 5) is 12.2. The van der Waals surface area contributed by atoms with Gasteiger partial charge in [0.15, 0.2) is 0 Å². The van der Waals surface area contributed by atoms with Crippen LogP contribution in [0, 0.1) is 0 Å². The van der Waals surface area contributed by atoms with Crippen molar-refractivity contribution in [1.82, 2.24) is 5.32 Å². The summed E-state index contributed by atoms with van der Waals surface area (Å²) in [6, 6.07) is 7.76. The number of aliphatic carboxylic acids is 1. The Kier molecular flexibility index (Phi) is 4.79. The smallest absolute Gasteiger partial charge is 0.307 e. The lowest BCUT2D eigenvalue weighted by atomic mass is 9.97. The van der Waals surface area contributed by atoms with Gasteiger partial charge in [-0.15, -0.1) is 11.3 Å². The monoisotopic (exact) mass is 329 g/mol. The number of nitrogens with one attached hydrogen (secondary N) is 1. The molecule has 0 saturated heterocycles. The summed E-state index contributed by atoms with van der Waals surface area (Å²) < 4.78 is 5.93. The molecule has 0 saturated carbocycles. The van der Waals surface area contributed by atoms with E-state index >= 15 is 0 Å². The highest BCUT2D eigenvalue weighted by atomic mass is 32.1. The second kappa shape index (κ2) is 6.98. The zero-order chi connectivity index (χ0) is 16.2. The number of benzene rings is 1. The van der Waals surface area contributed by atoms with E-state index in [0.29, 0.717) is 6.61 Å². The third-order valence-corrected chi connectivity index (χ3v) is 4.80. The van der Waals surface area contributed by atoms with Gasteiger partial charge in [-0.25, -0.2) is 0 Å². The lowest BCUT2D eigenvalue weighted by Crippen LogP contribution is -2.06. The van der Waals surface area contributed by atoms with Crippen LogP contribution < -0.4 is 10.1 Å². The maximum Gasteiger partial charge on any atom is 0.307 e. The lowest BCUT2D eigenvalue weighted by Gasteiger charge is -2.11. The SMILES string of the molecule is CNCCC=C1c2cc(CC(=O)O)ccc2OCc2ccsc21. The van der Waals surface area contributed by atoms with E-state index in [2.05, 4.69) is 22.8 Å². The van der Waals surface area contributed by atoms with Crippen LogP contribution in [0.3, 0.4) is 0 Å². The summed E-state index contributed by atoms with van der Waals surface area (Å²) in [7, 11) is 1.93. The van der Waals surface area contributed by atoms with Gasteiger partial charge in [0, 0.05) is 16.0 Å². The van der Waals surface area contributed by atoms with Crippen molar-refractivity contribution in [3.8, 4) is 5.75 Å². The van der Waals surface area contributed by atoms with Gasteiger partial charge in [-0.2, -0.15) is 0 Å². The number of carboxylic acid groups (broad SMARTS) is 1. The molecule has 23 heavy (non-hydrogen) atoms. The minimum atomic E-state index is -0.822. The molecule has 0 bridgehead atoms. The Hall–Kier alpha value is -2.11. The fraction of sp³-hybridized carbons (Fsp3) is 0.278. The molecule has 0 unspecified atom stereocenters. The largest absolute Gasteiger partial charge is 0.488 e. The highest BCUT2D eigenvalue weighted by Crippen LogP contribution is 2.40. The highest BCUT2D eigenvalue weighted by Gasteiger charge is 2.20. The van der Waals surface area contributed by atoms with Crippen LogP contribution in [0.25, 0.3) is 5.57 Å². The fourth-order valence-electron chi connectivity index (χ4n) is 2.73. The molecular weight excluding hydrogens is 310 g/mol.